The first-order valence-corrected chi connectivity index (χ1v) is 12.3. The normalized spacial score (nSPS) is 12.3. The van der Waals surface area contributed by atoms with Crippen molar-refractivity contribution in [3.63, 3.8) is 0 Å². The predicted octanol–water partition coefficient (Wildman–Crippen LogP) is 2.86. The average Bonchev–Trinajstić information content (AvgIpc) is 3.18. The first-order valence-electron chi connectivity index (χ1n) is 11.5. The van der Waals surface area contributed by atoms with Gasteiger partial charge in [0.25, 0.3) is 0 Å². The van der Waals surface area contributed by atoms with Crippen LogP contribution in [0.2, 0.25) is 0 Å². The molecular weight excluding hydrogens is 481 g/mol. The molecule has 0 saturated carbocycles. The molecule has 1 aromatic carbocycles. The molecule has 0 spiro atoms. The van der Waals surface area contributed by atoms with Gasteiger partial charge in [0, 0.05) is 55.7 Å². The van der Waals surface area contributed by atoms with Crippen molar-refractivity contribution in [2.75, 3.05) is 13.6 Å². The van der Waals surface area contributed by atoms with Gasteiger partial charge in [0.05, 0.1) is 16.6 Å². The fourth-order valence-corrected chi connectivity index (χ4v) is 5.51. The minimum absolute atomic E-state index is 0.0424. The summed E-state index contributed by atoms with van der Waals surface area (Å²) in [5, 5.41) is 13.2. The lowest BCUT2D eigenvalue weighted by Crippen LogP contribution is -2.27. The number of benzene rings is 1. The third-order valence-electron chi connectivity index (χ3n) is 5.95. The Morgan fingerprint density at radius 2 is 1.94 bits per heavy atom. The van der Waals surface area contributed by atoms with Crippen molar-refractivity contribution < 1.29 is 14.3 Å². The van der Waals surface area contributed by atoms with Gasteiger partial charge in [0.2, 0.25) is 11.3 Å². The Balaban J connectivity index is 1.47. The zero-order valence-corrected chi connectivity index (χ0v) is 21.2. The molecule has 4 rings (SSSR count). The van der Waals surface area contributed by atoms with Crippen LogP contribution in [-0.2, 0) is 31.4 Å². The van der Waals surface area contributed by atoms with Gasteiger partial charge >= 0.3 is 0 Å². The highest BCUT2D eigenvalue weighted by Crippen LogP contribution is 2.30. The van der Waals surface area contributed by atoms with Crippen molar-refractivity contribution in [3.8, 4) is 0 Å². The Bertz CT molecular complexity index is 1420. The Kier molecular flexibility index (Phi) is 7.88. The van der Waals surface area contributed by atoms with Crippen molar-refractivity contribution in [1.29, 1.82) is 0 Å². The molecule has 0 bridgehead atoms. The number of rotatable bonds is 9. The molecule has 0 saturated heterocycles. The maximum Gasteiger partial charge on any atom is 0.224 e. The number of aryl methyl sites for hydroxylation is 2. The molecule has 3 heterocycles. The number of hydrogen-bond donors (Lipinski definition) is 2. The molecule has 0 unspecified atom stereocenters. The van der Waals surface area contributed by atoms with Crippen LogP contribution in [0.25, 0.3) is 10.2 Å². The lowest BCUT2D eigenvalue weighted by atomic mass is 10.1. The summed E-state index contributed by atoms with van der Waals surface area (Å²) < 4.78 is 15.6. The third kappa shape index (κ3) is 5.84. The fourth-order valence-electron chi connectivity index (χ4n) is 4.12. The maximum atomic E-state index is 13.2. The molecule has 1 amide bonds. The van der Waals surface area contributed by atoms with Crippen molar-refractivity contribution in [2.45, 2.75) is 32.5 Å². The van der Waals surface area contributed by atoms with E-state index in [1.54, 1.807) is 36.8 Å². The van der Waals surface area contributed by atoms with Crippen LogP contribution in [0.1, 0.15) is 33.5 Å². The number of aliphatic hydroxyl groups is 1. The second-order valence-corrected chi connectivity index (χ2v) is 9.93. The first-order chi connectivity index (χ1) is 17.2. The van der Waals surface area contributed by atoms with E-state index in [9.17, 15) is 19.1 Å². The smallest absolute Gasteiger partial charge is 0.224 e. The van der Waals surface area contributed by atoms with Crippen LogP contribution in [-0.4, -0.2) is 44.0 Å². The van der Waals surface area contributed by atoms with E-state index in [0.717, 1.165) is 21.5 Å². The second kappa shape index (κ2) is 11.1. The number of nitrogens with one attached hydrogen (secondary N) is 1. The molecule has 0 fully saturated rings. The molecule has 10 heteroatoms. The van der Waals surface area contributed by atoms with E-state index in [2.05, 4.69) is 15.3 Å². The molecule has 1 atom stereocenters. The molecule has 0 aliphatic heterocycles. The SMILES string of the molecule is Cc1c(CN(C)C[C@@H](O)c2ncccn2)sc2c(=O)c(CC(=O)NCc3ccc(F)cc3)cn(C)c12. The second-order valence-electron chi connectivity index (χ2n) is 8.82. The van der Waals surface area contributed by atoms with Crippen molar-refractivity contribution in [2.24, 2.45) is 7.05 Å². The van der Waals surface area contributed by atoms with Crippen molar-refractivity contribution >= 4 is 27.5 Å². The Labute approximate surface area is 212 Å². The van der Waals surface area contributed by atoms with Gasteiger partial charge in [-0.25, -0.2) is 14.4 Å². The number of aliphatic hydroxyl groups excluding tert-OH is 1. The van der Waals surface area contributed by atoms with Gasteiger partial charge in [-0.3, -0.25) is 14.5 Å². The lowest BCUT2D eigenvalue weighted by Gasteiger charge is -2.19. The molecule has 0 aliphatic rings. The molecule has 188 valence electrons. The van der Waals surface area contributed by atoms with Gasteiger partial charge in [0.1, 0.15) is 11.9 Å². The van der Waals surface area contributed by atoms with Gasteiger partial charge in [0.15, 0.2) is 5.82 Å². The summed E-state index contributed by atoms with van der Waals surface area (Å²) in [4.78, 5) is 37.0. The van der Waals surface area contributed by atoms with E-state index in [1.165, 1.54) is 23.5 Å². The number of carbonyl (C=O) groups is 1. The number of halogens is 1. The summed E-state index contributed by atoms with van der Waals surface area (Å²) >= 11 is 1.41. The summed E-state index contributed by atoms with van der Waals surface area (Å²) in [7, 11) is 3.76. The molecular formula is C26H28FN5O3S. The first kappa shape index (κ1) is 25.6. The number of likely N-dealkylation sites (N-methyl/N-ethyl adjacent to an activating group) is 1. The summed E-state index contributed by atoms with van der Waals surface area (Å²) in [6.07, 6.45) is 4.04. The van der Waals surface area contributed by atoms with Gasteiger partial charge in [-0.05, 0) is 43.3 Å². The number of nitrogens with zero attached hydrogens (tertiary/aromatic N) is 4. The zero-order chi connectivity index (χ0) is 25.8. The summed E-state index contributed by atoms with van der Waals surface area (Å²) in [6, 6.07) is 7.61. The highest BCUT2D eigenvalue weighted by Gasteiger charge is 2.20. The monoisotopic (exact) mass is 509 g/mol. The molecule has 8 nitrogen and oxygen atoms in total. The standard InChI is InChI=1S/C26H28FN5O3S/c1-16-21(15-31(2)14-20(33)26-28-9-4-10-29-26)36-25-23(16)32(3)13-18(24(25)35)11-22(34)30-12-17-5-7-19(27)8-6-17/h4-10,13,20,33H,11-12,14-15H2,1-3H3,(H,30,34)/t20-/m1/s1. The van der Waals surface area contributed by atoms with Crippen LogP contribution in [0.15, 0.2) is 53.7 Å². The number of aromatic nitrogens is 3. The summed E-state index contributed by atoms with van der Waals surface area (Å²) in [5.74, 6) is -0.241. The highest BCUT2D eigenvalue weighted by molar-refractivity contribution is 7.19. The van der Waals surface area contributed by atoms with E-state index >= 15 is 0 Å². The average molecular weight is 510 g/mol. The summed E-state index contributed by atoms with van der Waals surface area (Å²) in [6.45, 7) is 3.12. The maximum absolute atomic E-state index is 13.2. The Morgan fingerprint density at radius 1 is 1.25 bits per heavy atom. The van der Waals surface area contributed by atoms with E-state index in [4.69, 9.17) is 0 Å². The zero-order valence-electron chi connectivity index (χ0n) is 20.4. The van der Waals surface area contributed by atoms with E-state index in [1.807, 2.05) is 30.5 Å². The van der Waals surface area contributed by atoms with Crippen LogP contribution >= 0.6 is 11.3 Å². The number of pyridine rings is 1. The number of hydrogen-bond acceptors (Lipinski definition) is 7. The van der Waals surface area contributed by atoms with Crippen LogP contribution < -0.4 is 10.7 Å². The minimum Gasteiger partial charge on any atom is -0.384 e. The molecule has 0 aliphatic carbocycles. The van der Waals surface area contributed by atoms with Crippen molar-refractivity contribution in [1.82, 2.24) is 24.8 Å². The molecule has 0 radical (unpaired) electrons. The quantitative estimate of drug-likeness (QED) is 0.360. The van der Waals surface area contributed by atoms with Crippen LogP contribution in [0.3, 0.4) is 0 Å². The fraction of sp³-hybridized carbons (Fsp3) is 0.308. The Morgan fingerprint density at radius 3 is 2.64 bits per heavy atom. The largest absolute Gasteiger partial charge is 0.384 e. The van der Waals surface area contributed by atoms with Gasteiger partial charge in [-0.1, -0.05) is 12.1 Å². The number of carbonyl (C=O) groups excluding carboxylic acids is 1. The van der Waals surface area contributed by atoms with Gasteiger partial charge in [-0.2, -0.15) is 0 Å². The number of amides is 1. The van der Waals surface area contributed by atoms with E-state index in [0.29, 0.717) is 29.2 Å². The van der Waals surface area contributed by atoms with Crippen LogP contribution in [0.4, 0.5) is 4.39 Å². The molecule has 2 N–H and O–H groups in total. The van der Waals surface area contributed by atoms with Crippen LogP contribution in [0.5, 0.6) is 0 Å². The molecule has 4 aromatic rings. The predicted molar refractivity (Wildman–Crippen MR) is 137 cm³/mol. The van der Waals surface area contributed by atoms with E-state index < -0.39 is 6.10 Å². The third-order valence-corrected chi connectivity index (χ3v) is 7.21. The van der Waals surface area contributed by atoms with Gasteiger partial charge in [-0.15, -0.1) is 11.3 Å². The number of fused-ring (bicyclic) bond motifs is 1. The number of thiophene rings is 1. The van der Waals surface area contributed by atoms with E-state index in [-0.39, 0.29) is 30.1 Å². The topological polar surface area (TPSA) is 100 Å². The van der Waals surface area contributed by atoms with Crippen molar-refractivity contribution in [3.05, 3.63) is 92.4 Å². The molecule has 36 heavy (non-hydrogen) atoms. The van der Waals surface area contributed by atoms with Crippen LogP contribution in [0, 0.1) is 12.7 Å². The minimum atomic E-state index is -0.822. The Hall–Kier alpha value is -3.47. The molecule has 3 aromatic heterocycles. The lowest BCUT2D eigenvalue weighted by molar-refractivity contribution is -0.120. The summed E-state index contributed by atoms with van der Waals surface area (Å²) in [5.41, 5.74) is 2.88. The van der Waals surface area contributed by atoms with Gasteiger partial charge < -0.3 is 15.0 Å². The highest BCUT2D eigenvalue weighted by atomic mass is 32.1.